The van der Waals surface area contributed by atoms with Crippen LogP contribution in [0.3, 0.4) is 0 Å². The molecule has 0 aliphatic rings. The van der Waals surface area contributed by atoms with E-state index < -0.39 is 0 Å². The molecule has 0 saturated heterocycles. The highest BCUT2D eigenvalue weighted by Gasteiger charge is 2.23. The van der Waals surface area contributed by atoms with Crippen molar-refractivity contribution in [1.29, 1.82) is 0 Å². The number of Topliss-reactive ketones (excluding diaryl/α,β-unsaturated/α-hetero) is 1. The molecule has 0 aliphatic heterocycles. The lowest BCUT2D eigenvalue weighted by molar-refractivity contribution is 0.0976. The normalized spacial score (nSPS) is 11.4. The van der Waals surface area contributed by atoms with Crippen LogP contribution in [-0.4, -0.2) is 20.3 Å². The highest BCUT2D eigenvalue weighted by atomic mass is 16.1. The minimum absolute atomic E-state index is 0.116. The van der Waals surface area contributed by atoms with Crippen LogP contribution in [0.2, 0.25) is 0 Å². The lowest BCUT2D eigenvalue weighted by Crippen LogP contribution is -2.08. The Kier molecular flexibility index (Phi) is 5.18. The number of nitrogens with zero attached hydrogens (tertiary/aromatic N) is 3. The van der Waals surface area contributed by atoms with Crippen LogP contribution >= 0.6 is 0 Å². The molecule has 0 aliphatic carbocycles. The Morgan fingerprint density at radius 2 is 1.63 bits per heavy atom. The fraction of sp³-hybridized carbons (Fsp3) is 0.435. The monoisotopic (exact) mass is 363 g/mol. The Hall–Kier alpha value is -2.49. The summed E-state index contributed by atoms with van der Waals surface area (Å²) in [5.41, 5.74) is 8.45. The zero-order valence-electron chi connectivity index (χ0n) is 17.5. The van der Waals surface area contributed by atoms with Crippen molar-refractivity contribution in [3.8, 4) is 5.69 Å². The van der Waals surface area contributed by atoms with Crippen LogP contribution in [0.5, 0.6) is 0 Å². The molecule has 1 aromatic carbocycles. The van der Waals surface area contributed by atoms with E-state index in [2.05, 4.69) is 63.2 Å². The van der Waals surface area contributed by atoms with Crippen LogP contribution in [0, 0.1) is 41.5 Å². The predicted octanol–water partition coefficient (Wildman–Crippen LogP) is 5.64. The largest absolute Gasteiger partial charge is 0.298 e. The summed E-state index contributed by atoms with van der Waals surface area (Å²) in [6.45, 7) is 14.5. The van der Waals surface area contributed by atoms with Gasteiger partial charge in [-0.3, -0.25) is 9.36 Å². The highest BCUT2D eigenvalue weighted by molar-refractivity contribution is 6.07. The van der Waals surface area contributed by atoms with E-state index in [9.17, 15) is 4.79 Å². The van der Waals surface area contributed by atoms with Gasteiger partial charge in [0.05, 0.1) is 11.1 Å². The molecular formula is C23H29N3O. The first-order chi connectivity index (χ1) is 12.8. The Balaban J connectivity index is 2.36. The molecule has 3 rings (SSSR count). The van der Waals surface area contributed by atoms with Crippen LogP contribution in [0.25, 0.3) is 16.7 Å². The highest BCUT2D eigenvalue weighted by Crippen LogP contribution is 2.33. The third-order valence-corrected chi connectivity index (χ3v) is 5.35. The fourth-order valence-electron chi connectivity index (χ4n) is 4.03. The second-order valence-electron chi connectivity index (χ2n) is 7.64. The number of benzene rings is 1. The Labute approximate surface area is 161 Å². The maximum atomic E-state index is 12.9. The van der Waals surface area contributed by atoms with Gasteiger partial charge >= 0.3 is 0 Å². The molecule has 3 aromatic rings. The van der Waals surface area contributed by atoms with Gasteiger partial charge in [0, 0.05) is 12.1 Å². The van der Waals surface area contributed by atoms with Crippen molar-refractivity contribution in [3.05, 3.63) is 51.6 Å². The van der Waals surface area contributed by atoms with Crippen molar-refractivity contribution in [2.75, 3.05) is 0 Å². The number of hydrogen-bond donors (Lipinski definition) is 0. The third-order valence-electron chi connectivity index (χ3n) is 5.35. The molecule has 2 heterocycles. The molecule has 0 saturated carbocycles. The molecule has 0 radical (unpaired) electrons. The molecule has 27 heavy (non-hydrogen) atoms. The van der Waals surface area contributed by atoms with Gasteiger partial charge in [0.1, 0.15) is 17.2 Å². The summed E-state index contributed by atoms with van der Waals surface area (Å²) < 4.78 is 2.21. The Bertz CT molecular complexity index is 1020. The summed E-state index contributed by atoms with van der Waals surface area (Å²) in [4.78, 5) is 22.2. The first-order valence-corrected chi connectivity index (χ1v) is 9.73. The first-order valence-electron chi connectivity index (χ1n) is 9.73. The van der Waals surface area contributed by atoms with E-state index in [4.69, 9.17) is 4.98 Å². The number of unbranched alkanes of at least 4 members (excludes halogenated alkanes) is 1. The molecule has 0 fully saturated rings. The number of fused-ring (bicyclic) bond motifs is 1. The number of rotatable bonds is 5. The molecule has 0 unspecified atom stereocenters. The Morgan fingerprint density at radius 3 is 2.22 bits per heavy atom. The molecule has 4 nitrogen and oxygen atoms in total. The number of aryl methyl sites for hydroxylation is 5. The maximum absolute atomic E-state index is 12.9. The van der Waals surface area contributed by atoms with E-state index in [0.717, 1.165) is 40.8 Å². The third kappa shape index (κ3) is 3.29. The van der Waals surface area contributed by atoms with E-state index in [1.165, 1.54) is 16.7 Å². The van der Waals surface area contributed by atoms with Crippen molar-refractivity contribution in [1.82, 2.24) is 14.5 Å². The van der Waals surface area contributed by atoms with Gasteiger partial charge in [-0.25, -0.2) is 9.97 Å². The molecule has 2 aromatic heterocycles. The van der Waals surface area contributed by atoms with Gasteiger partial charge in [0.2, 0.25) is 0 Å². The molecule has 0 bridgehead atoms. The summed E-state index contributed by atoms with van der Waals surface area (Å²) in [5, 5.41) is 0.901. The Morgan fingerprint density at radius 1 is 1.00 bits per heavy atom. The zero-order chi connectivity index (χ0) is 19.9. The van der Waals surface area contributed by atoms with Crippen molar-refractivity contribution < 1.29 is 4.79 Å². The van der Waals surface area contributed by atoms with Gasteiger partial charge in [-0.1, -0.05) is 31.0 Å². The fourth-order valence-corrected chi connectivity index (χ4v) is 4.03. The van der Waals surface area contributed by atoms with Gasteiger partial charge in [-0.15, -0.1) is 0 Å². The van der Waals surface area contributed by atoms with E-state index >= 15 is 0 Å². The number of hydrogen-bond acceptors (Lipinski definition) is 3. The van der Waals surface area contributed by atoms with Crippen molar-refractivity contribution in [2.45, 2.75) is 67.7 Å². The molecule has 142 valence electrons. The van der Waals surface area contributed by atoms with Gasteiger partial charge in [0.25, 0.3) is 0 Å². The van der Waals surface area contributed by atoms with Crippen molar-refractivity contribution in [2.24, 2.45) is 0 Å². The van der Waals surface area contributed by atoms with Crippen LogP contribution in [0.1, 0.15) is 70.4 Å². The van der Waals surface area contributed by atoms with E-state index in [-0.39, 0.29) is 5.78 Å². The van der Waals surface area contributed by atoms with Crippen LogP contribution in [0.4, 0.5) is 0 Å². The van der Waals surface area contributed by atoms with Gasteiger partial charge in [-0.05, 0) is 64.7 Å². The quantitative estimate of drug-likeness (QED) is 0.551. The molecule has 0 atom stereocenters. The average molecular weight is 364 g/mol. The maximum Gasteiger partial charge on any atom is 0.182 e. The summed E-state index contributed by atoms with van der Waals surface area (Å²) >= 11 is 0. The number of carbonyl (C=O) groups is 1. The average Bonchev–Trinajstić information content (AvgIpc) is 2.83. The minimum Gasteiger partial charge on any atom is -0.298 e. The SMILES string of the molecule is CCCCC(=O)c1nc(C)nc2c1c(C)c(C)n2-c1c(C)cc(C)cc1C. The standard InChI is InChI=1S/C23H29N3O/c1-8-9-10-19(27)21-20-16(5)17(6)26(23(20)25-18(7)24-21)22-14(3)11-13(2)12-15(22)4/h11-12H,8-10H2,1-7H3. The second kappa shape index (κ2) is 7.26. The van der Waals surface area contributed by atoms with Crippen molar-refractivity contribution in [3.63, 3.8) is 0 Å². The molecule has 0 spiro atoms. The van der Waals surface area contributed by atoms with E-state index in [1.807, 2.05) is 6.92 Å². The predicted molar refractivity (Wildman–Crippen MR) is 111 cm³/mol. The summed E-state index contributed by atoms with van der Waals surface area (Å²) in [5.74, 6) is 0.758. The van der Waals surface area contributed by atoms with Crippen LogP contribution in [-0.2, 0) is 0 Å². The van der Waals surface area contributed by atoms with Crippen LogP contribution < -0.4 is 0 Å². The second-order valence-corrected chi connectivity index (χ2v) is 7.64. The molecule has 4 heteroatoms. The lowest BCUT2D eigenvalue weighted by atomic mass is 10.0. The first kappa shape index (κ1) is 19.3. The van der Waals surface area contributed by atoms with Gasteiger partial charge < -0.3 is 0 Å². The molecule has 0 amide bonds. The number of aromatic nitrogens is 3. The van der Waals surface area contributed by atoms with Gasteiger partial charge in [-0.2, -0.15) is 0 Å². The summed E-state index contributed by atoms with van der Waals surface area (Å²) in [6.07, 6.45) is 2.42. The number of carbonyl (C=O) groups excluding carboxylic acids is 1. The van der Waals surface area contributed by atoms with Crippen LogP contribution in [0.15, 0.2) is 12.1 Å². The molecule has 0 N–H and O–H groups in total. The minimum atomic E-state index is 0.116. The lowest BCUT2D eigenvalue weighted by Gasteiger charge is -2.16. The zero-order valence-corrected chi connectivity index (χ0v) is 17.5. The van der Waals surface area contributed by atoms with Crippen molar-refractivity contribution >= 4 is 16.8 Å². The van der Waals surface area contributed by atoms with Gasteiger partial charge in [0.15, 0.2) is 5.78 Å². The summed E-state index contributed by atoms with van der Waals surface area (Å²) in [7, 11) is 0. The topological polar surface area (TPSA) is 47.8 Å². The van der Waals surface area contributed by atoms with E-state index in [0.29, 0.717) is 17.9 Å². The smallest absolute Gasteiger partial charge is 0.182 e. The number of ketones is 1. The molecular weight excluding hydrogens is 334 g/mol. The summed E-state index contributed by atoms with van der Waals surface area (Å²) in [6, 6.07) is 4.40. The van der Waals surface area contributed by atoms with E-state index in [1.54, 1.807) is 0 Å².